The van der Waals surface area contributed by atoms with Gasteiger partial charge >= 0.3 is 5.97 Å². The highest BCUT2D eigenvalue weighted by atomic mass is 16.4. The Morgan fingerprint density at radius 3 is 2.81 bits per heavy atom. The zero-order valence-corrected chi connectivity index (χ0v) is 11.8. The number of rotatable bonds is 6. The third-order valence-corrected chi connectivity index (χ3v) is 3.26. The molecule has 4 N–H and O–H groups in total. The van der Waals surface area contributed by atoms with Gasteiger partial charge in [-0.1, -0.05) is 18.6 Å². The number of hydrogen-bond acceptors (Lipinski definition) is 5. The van der Waals surface area contributed by atoms with Gasteiger partial charge in [-0.3, -0.25) is 0 Å². The Hall–Kier alpha value is -2.41. The first-order valence-electron chi connectivity index (χ1n) is 6.78. The highest BCUT2D eigenvalue weighted by Gasteiger charge is 2.16. The van der Waals surface area contributed by atoms with E-state index in [1.165, 1.54) is 12.1 Å². The van der Waals surface area contributed by atoms with Crippen LogP contribution in [0.2, 0.25) is 0 Å². The predicted octanol–water partition coefficient (Wildman–Crippen LogP) is 1.47. The van der Waals surface area contributed by atoms with E-state index in [9.17, 15) is 9.90 Å². The Bertz CT molecular complexity index is 652. The molecule has 7 nitrogen and oxygen atoms in total. The summed E-state index contributed by atoms with van der Waals surface area (Å²) in [7, 11) is 0. The van der Waals surface area contributed by atoms with Crippen molar-refractivity contribution >= 4 is 5.97 Å². The Kier molecular flexibility index (Phi) is 4.54. The minimum atomic E-state index is -1.19. The minimum absolute atomic E-state index is 0.168. The monoisotopic (exact) mass is 290 g/mol. The summed E-state index contributed by atoms with van der Waals surface area (Å²) in [5.41, 5.74) is 7.62. The highest BCUT2D eigenvalue weighted by Crippen LogP contribution is 2.22. The van der Waals surface area contributed by atoms with Crippen molar-refractivity contribution in [3.63, 3.8) is 0 Å². The van der Waals surface area contributed by atoms with Crippen LogP contribution in [0, 0.1) is 0 Å². The van der Waals surface area contributed by atoms with Gasteiger partial charge < -0.3 is 15.9 Å². The fourth-order valence-corrected chi connectivity index (χ4v) is 2.12. The summed E-state index contributed by atoms with van der Waals surface area (Å²) in [4.78, 5) is 11.1. The lowest BCUT2D eigenvalue weighted by molar-refractivity contribution is 0.0693. The number of nitrogens with two attached hydrogens (primary N) is 1. The highest BCUT2D eigenvalue weighted by molar-refractivity contribution is 5.91. The maximum absolute atomic E-state index is 11.1. The number of nitrogens with zero attached hydrogens (tertiary/aromatic N) is 3. The largest absolute Gasteiger partial charge is 0.507 e. The second-order valence-corrected chi connectivity index (χ2v) is 4.71. The van der Waals surface area contributed by atoms with Gasteiger partial charge in [0.25, 0.3) is 0 Å². The molecule has 0 radical (unpaired) electrons. The summed E-state index contributed by atoms with van der Waals surface area (Å²) in [6, 6.07) is 4.32. The van der Waals surface area contributed by atoms with Crippen molar-refractivity contribution in [2.45, 2.75) is 32.7 Å². The number of aromatic nitrogens is 3. The lowest BCUT2D eigenvalue weighted by atomic mass is 10.1. The molecule has 0 fully saturated rings. The number of benzene rings is 1. The van der Waals surface area contributed by atoms with Crippen molar-refractivity contribution in [1.29, 1.82) is 0 Å². The van der Waals surface area contributed by atoms with Gasteiger partial charge in [-0.05, 0) is 31.0 Å². The average Bonchev–Trinajstić information content (AvgIpc) is 2.88. The Balaban J connectivity index is 2.48. The van der Waals surface area contributed by atoms with Gasteiger partial charge in [0.05, 0.1) is 17.1 Å². The molecule has 0 saturated heterocycles. The molecule has 0 aliphatic heterocycles. The van der Waals surface area contributed by atoms with Gasteiger partial charge in [-0.15, -0.1) is 5.10 Å². The Morgan fingerprint density at radius 2 is 2.19 bits per heavy atom. The maximum Gasteiger partial charge on any atom is 0.339 e. The molecular weight excluding hydrogens is 272 g/mol. The van der Waals surface area contributed by atoms with Crippen LogP contribution in [0.15, 0.2) is 18.2 Å². The summed E-state index contributed by atoms with van der Waals surface area (Å²) < 4.78 is 1.59. The molecule has 0 unspecified atom stereocenters. The molecule has 2 aromatic rings. The van der Waals surface area contributed by atoms with Crippen molar-refractivity contribution in [1.82, 2.24) is 15.0 Å². The molecule has 0 spiro atoms. The maximum atomic E-state index is 11.1. The van der Waals surface area contributed by atoms with Gasteiger partial charge in [0.2, 0.25) is 0 Å². The van der Waals surface area contributed by atoms with E-state index in [1.807, 2.05) is 0 Å². The first-order valence-corrected chi connectivity index (χ1v) is 6.78. The van der Waals surface area contributed by atoms with Gasteiger partial charge in [0, 0.05) is 6.54 Å². The quantitative estimate of drug-likeness (QED) is 0.742. The van der Waals surface area contributed by atoms with E-state index in [0.717, 1.165) is 25.0 Å². The Labute approximate surface area is 122 Å². The van der Waals surface area contributed by atoms with Gasteiger partial charge in [-0.2, -0.15) is 0 Å². The van der Waals surface area contributed by atoms with Gasteiger partial charge in [-0.25, -0.2) is 9.48 Å². The number of aromatic carboxylic acids is 1. The number of aromatic hydroxyl groups is 1. The fourth-order valence-electron chi connectivity index (χ4n) is 2.12. The summed E-state index contributed by atoms with van der Waals surface area (Å²) in [5.74, 6) is -1.47. The molecule has 1 heterocycles. The van der Waals surface area contributed by atoms with E-state index in [0.29, 0.717) is 11.4 Å². The van der Waals surface area contributed by atoms with Crippen molar-refractivity contribution in [2.75, 3.05) is 0 Å². The molecule has 0 aliphatic carbocycles. The van der Waals surface area contributed by atoms with Gasteiger partial charge in [0.1, 0.15) is 11.3 Å². The van der Waals surface area contributed by atoms with E-state index >= 15 is 0 Å². The zero-order chi connectivity index (χ0) is 15.4. The second kappa shape index (κ2) is 6.36. The van der Waals surface area contributed by atoms with Crippen LogP contribution in [-0.4, -0.2) is 31.2 Å². The molecule has 21 heavy (non-hydrogen) atoms. The van der Waals surface area contributed by atoms with E-state index < -0.39 is 5.97 Å². The van der Waals surface area contributed by atoms with E-state index in [4.69, 9.17) is 10.8 Å². The molecule has 112 valence electrons. The zero-order valence-electron chi connectivity index (χ0n) is 11.8. The van der Waals surface area contributed by atoms with Crippen molar-refractivity contribution in [3.8, 4) is 11.4 Å². The number of carboxylic acids is 1. The average molecular weight is 290 g/mol. The molecule has 0 amide bonds. The first-order chi connectivity index (χ1) is 10.1. The van der Waals surface area contributed by atoms with Crippen LogP contribution in [0.4, 0.5) is 0 Å². The first kappa shape index (κ1) is 15.0. The Morgan fingerprint density at radius 1 is 1.43 bits per heavy atom. The van der Waals surface area contributed by atoms with Crippen LogP contribution >= 0.6 is 0 Å². The van der Waals surface area contributed by atoms with Gasteiger partial charge in [0.15, 0.2) is 0 Å². The smallest absolute Gasteiger partial charge is 0.339 e. The summed E-state index contributed by atoms with van der Waals surface area (Å²) >= 11 is 0. The molecular formula is C14H18N4O3. The second-order valence-electron chi connectivity index (χ2n) is 4.71. The molecule has 1 aromatic carbocycles. The van der Waals surface area contributed by atoms with Crippen molar-refractivity contribution in [3.05, 3.63) is 35.2 Å². The van der Waals surface area contributed by atoms with Crippen LogP contribution in [0.1, 0.15) is 41.5 Å². The predicted molar refractivity (Wildman–Crippen MR) is 76.5 cm³/mol. The molecule has 0 bridgehead atoms. The lowest BCUT2D eigenvalue weighted by Crippen LogP contribution is -2.07. The fraction of sp³-hybridized carbons (Fsp3) is 0.357. The summed E-state index contributed by atoms with van der Waals surface area (Å²) in [6.45, 7) is 2.36. The van der Waals surface area contributed by atoms with E-state index in [-0.39, 0.29) is 17.9 Å². The molecule has 2 rings (SSSR count). The SMILES string of the molecule is CCCCc1c(CN)nnn1-c1ccc(O)c(C(=O)O)c1. The van der Waals surface area contributed by atoms with Crippen LogP contribution in [-0.2, 0) is 13.0 Å². The molecule has 7 heteroatoms. The van der Waals surface area contributed by atoms with Crippen molar-refractivity contribution in [2.24, 2.45) is 5.73 Å². The third kappa shape index (κ3) is 3.03. The van der Waals surface area contributed by atoms with E-state index in [1.54, 1.807) is 10.7 Å². The number of unbranched alkanes of at least 4 members (excludes halogenated alkanes) is 1. The van der Waals surface area contributed by atoms with Crippen LogP contribution in [0.25, 0.3) is 5.69 Å². The van der Waals surface area contributed by atoms with Crippen LogP contribution in [0.3, 0.4) is 0 Å². The molecule has 0 atom stereocenters. The van der Waals surface area contributed by atoms with E-state index in [2.05, 4.69) is 17.2 Å². The van der Waals surface area contributed by atoms with Crippen molar-refractivity contribution < 1.29 is 15.0 Å². The molecule has 0 saturated carbocycles. The summed E-state index contributed by atoms with van der Waals surface area (Å²) in [5, 5.41) is 26.7. The normalized spacial score (nSPS) is 10.8. The summed E-state index contributed by atoms with van der Waals surface area (Å²) in [6.07, 6.45) is 2.74. The lowest BCUT2D eigenvalue weighted by Gasteiger charge is -2.09. The molecule has 1 aromatic heterocycles. The number of phenols is 1. The van der Waals surface area contributed by atoms with Crippen LogP contribution in [0.5, 0.6) is 5.75 Å². The number of carbonyl (C=O) groups is 1. The number of carboxylic acid groups (broad SMARTS) is 1. The topological polar surface area (TPSA) is 114 Å². The standard InChI is InChI=1S/C14H18N4O3/c1-2-3-4-12-11(8-15)16-17-18(12)9-5-6-13(19)10(7-9)14(20)21/h5-7,19H,2-4,8,15H2,1H3,(H,20,21). The minimum Gasteiger partial charge on any atom is -0.507 e. The molecule has 0 aliphatic rings. The number of hydrogen-bond donors (Lipinski definition) is 3. The third-order valence-electron chi connectivity index (χ3n) is 3.26. The van der Waals surface area contributed by atoms with Crippen LogP contribution < -0.4 is 5.73 Å².